The van der Waals surface area contributed by atoms with E-state index in [1.807, 2.05) is 54.9 Å². The first kappa shape index (κ1) is 36.6. The molecule has 3 atom stereocenters. The van der Waals surface area contributed by atoms with E-state index in [2.05, 4.69) is 20.9 Å². The summed E-state index contributed by atoms with van der Waals surface area (Å²) in [7, 11) is 3.04. The molecule has 0 radical (unpaired) electrons. The van der Waals surface area contributed by atoms with Gasteiger partial charge < -0.3 is 35.1 Å². The molecule has 1 aliphatic heterocycles. The third-order valence-corrected chi connectivity index (χ3v) is 8.31. The quantitative estimate of drug-likeness (QED) is 0.294. The topological polar surface area (TPSA) is 155 Å². The van der Waals surface area contributed by atoms with Gasteiger partial charge in [0.05, 0.1) is 30.9 Å². The highest BCUT2D eigenvalue weighted by Crippen LogP contribution is 2.20. The highest BCUT2D eigenvalue weighted by atomic mass is 16.5. The van der Waals surface area contributed by atoms with Crippen LogP contribution in [0.25, 0.3) is 0 Å². The number of aryl methyl sites for hydroxylation is 1. The third-order valence-electron chi connectivity index (χ3n) is 8.31. The predicted octanol–water partition coefficient (Wildman–Crippen LogP) is 2.03. The van der Waals surface area contributed by atoms with Gasteiger partial charge in [-0.2, -0.15) is 0 Å². The number of para-hydroxylation sites is 1. The molecule has 1 aromatic heterocycles. The van der Waals surface area contributed by atoms with E-state index in [1.54, 1.807) is 36.8 Å². The van der Waals surface area contributed by atoms with Crippen molar-refractivity contribution in [2.24, 2.45) is 5.92 Å². The lowest BCUT2D eigenvalue weighted by molar-refractivity contribution is -0.146. The number of nitrogens with one attached hydrogen (secondary N) is 3. The maximum atomic E-state index is 13.8. The minimum Gasteiger partial charge on any atom is -0.491 e. The van der Waals surface area contributed by atoms with Crippen molar-refractivity contribution in [2.45, 2.75) is 64.2 Å². The van der Waals surface area contributed by atoms with Crippen LogP contribution in [0, 0.1) is 5.92 Å². The smallest absolute Gasteiger partial charge is 0.255 e. The fourth-order valence-electron chi connectivity index (χ4n) is 5.67. The van der Waals surface area contributed by atoms with Crippen molar-refractivity contribution in [3.63, 3.8) is 0 Å². The first-order valence-corrected chi connectivity index (χ1v) is 16.6. The van der Waals surface area contributed by atoms with Gasteiger partial charge in [-0.3, -0.25) is 24.0 Å². The fourth-order valence-corrected chi connectivity index (χ4v) is 5.67. The van der Waals surface area contributed by atoms with Gasteiger partial charge in [0.25, 0.3) is 5.91 Å². The number of fused-ring (bicyclic) bond motifs is 1. The number of carbonyl (C=O) groups is 5. The Bertz CT molecular complexity index is 1560. The SMILES string of the molecule is CC(C)C[C@H]1C(=O)N(C)CC(=O)N[C@H](Cc2ccccc2)COc2ccccc2C(=O)N[C@H](C(=O)NCCCn2ccnc2)CC(=O)N1C. The molecule has 0 spiro atoms. The number of amides is 5. The zero-order valence-electron chi connectivity index (χ0n) is 28.6. The van der Waals surface area contributed by atoms with Crippen molar-refractivity contribution in [1.82, 2.24) is 35.3 Å². The van der Waals surface area contributed by atoms with Crippen LogP contribution < -0.4 is 20.7 Å². The van der Waals surface area contributed by atoms with E-state index < -0.39 is 47.7 Å². The Hall–Kier alpha value is -5.20. The zero-order chi connectivity index (χ0) is 35.3. The number of nitrogens with zero attached hydrogens (tertiary/aromatic N) is 4. The molecule has 2 heterocycles. The number of carbonyl (C=O) groups excluding carboxylic acids is 5. The lowest BCUT2D eigenvalue weighted by Gasteiger charge is -2.32. The highest BCUT2D eigenvalue weighted by Gasteiger charge is 2.34. The molecule has 3 N–H and O–H groups in total. The van der Waals surface area contributed by atoms with Crippen LogP contribution in [0.3, 0.4) is 0 Å². The molecule has 262 valence electrons. The lowest BCUT2D eigenvalue weighted by Crippen LogP contribution is -2.54. The van der Waals surface area contributed by atoms with Gasteiger partial charge in [-0.15, -0.1) is 0 Å². The van der Waals surface area contributed by atoms with E-state index in [0.29, 0.717) is 32.4 Å². The Morgan fingerprint density at radius 2 is 1.76 bits per heavy atom. The number of hydrogen-bond acceptors (Lipinski definition) is 7. The molecule has 0 bridgehead atoms. The number of benzene rings is 2. The number of ether oxygens (including phenoxy) is 1. The van der Waals surface area contributed by atoms with Crippen molar-refractivity contribution < 1.29 is 28.7 Å². The normalized spacial score (nSPS) is 19.8. The largest absolute Gasteiger partial charge is 0.491 e. The Kier molecular flexibility index (Phi) is 13.3. The summed E-state index contributed by atoms with van der Waals surface area (Å²) in [6.45, 7) is 4.59. The van der Waals surface area contributed by atoms with Crippen LogP contribution in [0.15, 0.2) is 73.3 Å². The van der Waals surface area contributed by atoms with Gasteiger partial charge >= 0.3 is 0 Å². The molecule has 13 nitrogen and oxygen atoms in total. The molecule has 0 unspecified atom stereocenters. The van der Waals surface area contributed by atoms with Crippen LogP contribution in [-0.2, 0) is 32.1 Å². The average molecular weight is 674 g/mol. The Morgan fingerprint density at radius 1 is 1.02 bits per heavy atom. The number of aromatic nitrogens is 2. The van der Waals surface area contributed by atoms with E-state index in [1.165, 1.54) is 23.9 Å². The number of hydrogen-bond donors (Lipinski definition) is 3. The van der Waals surface area contributed by atoms with Crippen molar-refractivity contribution in [3.8, 4) is 5.75 Å². The van der Waals surface area contributed by atoms with Gasteiger partial charge in [-0.05, 0) is 42.9 Å². The van der Waals surface area contributed by atoms with Crippen molar-refractivity contribution >= 4 is 29.5 Å². The second kappa shape index (κ2) is 17.8. The van der Waals surface area contributed by atoms with Crippen molar-refractivity contribution in [2.75, 3.05) is 33.8 Å². The molecule has 2 aromatic carbocycles. The summed E-state index contributed by atoms with van der Waals surface area (Å²) in [5.41, 5.74) is 1.14. The Balaban J connectivity index is 1.63. The standard InChI is InChI=1S/C36H47N7O6/c1-25(2)19-30-36(48)41(3)22-32(44)39-27(20-26-11-6-5-7-12-26)23-49-31-14-9-8-13-28(31)34(46)40-29(21-33(45)42(30)4)35(47)38-15-10-17-43-18-16-37-24-43/h5-9,11-14,16,18,24-25,27,29-30H,10,15,17,19-23H2,1-4H3,(H,38,47)(H,39,44)(H,40,46)/t27-,29+,30+/m1/s1. The first-order chi connectivity index (χ1) is 23.5. The number of imidazole rings is 1. The predicted molar refractivity (Wildman–Crippen MR) is 183 cm³/mol. The third kappa shape index (κ3) is 10.9. The number of rotatable bonds is 9. The van der Waals surface area contributed by atoms with Crippen LogP contribution >= 0.6 is 0 Å². The van der Waals surface area contributed by atoms with E-state index in [-0.39, 0.29) is 36.8 Å². The molecule has 3 aromatic rings. The monoisotopic (exact) mass is 673 g/mol. The van der Waals surface area contributed by atoms with Crippen LogP contribution in [0.5, 0.6) is 5.75 Å². The lowest BCUT2D eigenvalue weighted by atomic mass is 10.0. The molecule has 1 aliphatic rings. The molecule has 5 amide bonds. The van der Waals surface area contributed by atoms with Crippen molar-refractivity contribution in [1.29, 1.82) is 0 Å². The molecule has 0 saturated heterocycles. The molecule has 49 heavy (non-hydrogen) atoms. The first-order valence-electron chi connectivity index (χ1n) is 16.6. The Morgan fingerprint density at radius 3 is 2.47 bits per heavy atom. The van der Waals surface area contributed by atoms with Crippen LogP contribution in [0.1, 0.15) is 49.0 Å². The summed E-state index contributed by atoms with van der Waals surface area (Å²) >= 11 is 0. The summed E-state index contributed by atoms with van der Waals surface area (Å²) < 4.78 is 8.02. The van der Waals surface area contributed by atoms with E-state index in [9.17, 15) is 24.0 Å². The number of likely N-dealkylation sites (N-methyl/N-ethyl adjacent to an activating group) is 2. The van der Waals surface area contributed by atoms with E-state index in [0.717, 1.165) is 5.56 Å². The molecule has 0 aliphatic carbocycles. The van der Waals surface area contributed by atoms with Crippen LogP contribution in [0.2, 0.25) is 0 Å². The average Bonchev–Trinajstić information content (AvgIpc) is 3.60. The van der Waals surface area contributed by atoms with Gasteiger partial charge in [-0.25, -0.2) is 4.98 Å². The summed E-state index contributed by atoms with van der Waals surface area (Å²) in [4.78, 5) is 74.7. The van der Waals surface area contributed by atoms with Crippen LogP contribution in [-0.4, -0.2) is 101 Å². The Labute approximate surface area is 287 Å². The fraction of sp³-hybridized carbons (Fsp3) is 0.444. The molecular formula is C36H47N7O6. The molecule has 13 heteroatoms. The minimum atomic E-state index is -1.24. The van der Waals surface area contributed by atoms with Gasteiger partial charge in [0, 0.05) is 39.6 Å². The van der Waals surface area contributed by atoms with E-state index in [4.69, 9.17) is 4.74 Å². The second-order valence-electron chi connectivity index (χ2n) is 12.8. The maximum Gasteiger partial charge on any atom is 0.255 e. The van der Waals surface area contributed by atoms with Crippen molar-refractivity contribution in [3.05, 3.63) is 84.4 Å². The highest BCUT2D eigenvalue weighted by molar-refractivity contribution is 6.01. The molecule has 4 rings (SSSR count). The summed E-state index contributed by atoms with van der Waals surface area (Å²) in [5.74, 6) is -2.14. The van der Waals surface area contributed by atoms with E-state index >= 15 is 0 Å². The van der Waals surface area contributed by atoms with Gasteiger partial charge in [0.15, 0.2) is 0 Å². The molecule has 0 fully saturated rings. The summed E-state index contributed by atoms with van der Waals surface area (Å²) in [6.07, 6.45) is 6.16. The van der Waals surface area contributed by atoms with Gasteiger partial charge in [-0.1, -0.05) is 56.3 Å². The summed E-state index contributed by atoms with van der Waals surface area (Å²) in [5, 5.41) is 8.57. The second-order valence-corrected chi connectivity index (χ2v) is 12.8. The maximum absolute atomic E-state index is 13.8. The molecular weight excluding hydrogens is 626 g/mol. The van der Waals surface area contributed by atoms with Gasteiger partial charge in [0.1, 0.15) is 24.4 Å². The zero-order valence-corrected chi connectivity index (χ0v) is 28.6. The molecule has 0 saturated carbocycles. The van der Waals surface area contributed by atoms with Gasteiger partial charge in [0.2, 0.25) is 23.6 Å². The summed E-state index contributed by atoms with van der Waals surface area (Å²) in [6, 6.07) is 13.6. The minimum absolute atomic E-state index is 0.0284. The van der Waals surface area contributed by atoms with Crippen LogP contribution in [0.4, 0.5) is 0 Å².